The number of amides is 2. The minimum Gasteiger partial charge on any atom is -0.352 e. The lowest BCUT2D eigenvalue weighted by Crippen LogP contribution is -2.43. The first-order chi connectivity index (χ1) is 14.1. The zero-order valence-electron chi connectivity index (χ0n) is 16.4. The third kappa shape index (κ3) is 4.05. The molecule has 0 atom stereocenters. The van der Waals surface area contributed by atoms with Crippen LogP contribution >= 0.6 is 11.3 Å². The third-order valence-corrected chi connectivity index (χ3v) is 6.44. The van der Waals surface area contributed by atoms with Gasteiger partial charge in [-0.1, -0.05) is 12.1 Å². The first kappa shape index (κ1) is 19.6. The Morgan fingerprint density at radius 3 is 2.59 bits per heavy atom. The van der Waals surface area contributed by atoms with Crippen LogP contribution in [0.1, 0.15) is 35.8 Å². The molecule has 0 unspecified atom stereocenters. The van der Waals surface area contributed by atoms with Crippen LogP contribution in [0, 0.1) is 11.7 Å². The molecule has 4 rings (SSSR count). The molecule has 1 aliphatic heterocycles. The van der Waals surface area contributed by atoms with E-state index in [4.69, 9.17) is 0 Å². The molecule has 2 aromatic heterocycles. The molecule has 0 saturated carbocycles. The largest absolute Gasteiger partial charge is 0.352 e. The molecule has 3 heterocycles. The van der Waals surface area contributed by atoms with Crippen molar-refractivity contribution >= 4 is 33.4 Å². The number of likely N-dealkylation sites (tertiary alicyclic amines) is 1. The SMILES string of the molecule is CCn1c(C(=O)N2CCC(C(=O)NCc3ccc(F)cc3)CC2)cc2sccc21. The molecule has 152 valence electrons. The summed E-state index contributed by atoms with van der Waals surface area (Å²) in [5, 5.41) is 4.97. The lowest BCUT2D eigenvalue weighted by molar-refractivity contribution is -0.126. The van der Waals surface area contributed by atoms with Gasteiger partial charge in [-0.15, -0.1) is 11.3 Å². The molecular weight excluding hydrogens is 389 g/mol. The molecule has 1 aromatic carbocycles. The molecule has 0 aliphatic carbocycles. The molecule has 1 saturated heterocycles. The van der Waals surface area contributed by atoms with Crippen LogP contribution in [0.2, 0.25) is 0 Å². The monoisotopic (exact) mass is 413 g/mol. The van der Waals surface area contributed by atoms with Gasteiger partial charge in [-0.05, 0) is 55.0 Å². The quantitative estimate of drug-likeness (QED) is 0.687. The van der Waals surface area contributed by atoms with Crippen LogP contribution < -0.4 is 5.32 Å². The van der Waals surface area contributed by atoms with Crippen LogP contribution in [0.3, 0.4) is 0 Å². The molecule has 2 amide bonds. The van der Waals surface area contributed by atoms with Gasteiger partial charge in [-0.25, -0.2) is 4.39 Å². The van der Waals surface area contributed by atoms with Crippen LogP contribution in [0.25, 0.3) is 10.2 Å². The Labute approximate surface area is 173 Å². The number of carbonyl (C=O) groups excluding carboxylic acids is 2. The predicted molar refractivity (Wildman–Crippen MR) is 112 cm³/mol. The van der Waals surface area contributed by atoms with E-state index in [1.165, 1.54) is 12.1 Å². The fraction of sp³-hybridized carbons (Fsp3) is 0.364. The number of nitrogens with zero attached hydrogens (tertiary/aromatic N) is 2. The van der Waals surface area contributed by atoms with Crippen LogP contribution in [0.15, 0.2) is 41.8 Å². The third-order valence-electron chi connectivity index (χ3n) is 5.59. The van der Waals surface area contributed by atoms with Gasteiger partial charge < -0.3 is 14.8 Å². The molecule has 5 nitrogen and oxygen atoms in total. The molecule has 1 fully saturated rings. The van der Waals surface area contributed by atoms with E-state index in [9.17, 15) is 14.0 Å². The average Bonchev–Trinajstić information content (AvgIpc) is 3.34. The van der Waals surface area contributed by atoms with E-state index in [0.717, 1.165) is 28.0 Å². The lowest BCUT2D eigenvalue weighted by Gasteiger charge is -2.31. The van der Waals surface area contributed by atoms with Crippen molar-refractivity contribution in [1.29, 1.82) is 0 Å². The number of benzene rings is 1. The first-order valence-corrected chi connectivity index (χ1v) is 10.8. The minimum atomic E-state index is -0.286. The number of fused-ring (bicyclic) bond motifs is 1. The summed E-state index contributed by atoms with van der Waals surface area (Å²) >= 11 is 1.65. The summed E-state index contributed by atoms with van der Waals surface area (Å²) in [6.07, 6.45) is 1.31. The summed E-state index contributed by atoms with van der Waals surface area (Å²) in [5.74, 6) is -0.341. The van der Waals surface area contributed by atoms with Gasteiger partial charge in [-0.3, -0.25) is 9.59 Å². The number of aromatic nitrogens is 1. The van der Waals surface area contributed by atoms with Crippen molar-refractivity contribution < 1.29 is 14.0 Å². The van der Waals surface area contributed by atoms with Crippen LogP contribution in [-0.4, -0.2) is 34.4 Å². The fourth-order valence-electron chi connectivity index (χ4n) is 3.94. The summed E-state index contributed by atoms with van der Waals surface area (Å²) < 4.78 is 16.2. The number of thiophene rings is 1. The van der Waals surface area contributed by atoms with Gasteiger partial charge in [0.25, 0.3) is 5.91 Å². The summed E-state index contributed by atoms with van der Waals surface area (Å²) in [6, 6.07) is 10.2. The second-order valence-electron chi connectivity index (χ2n) is 7.35. The van der Waals surface area contributed by atoms with E-state index in [1.807, 2.05) is 23.3 Å². The first-order valence-electron chi connectivity index (χ1n) is 9.95. The number of nitrogens with one attached hydrogen (secondary N) is 1. The number of hydrogen-bond donors (Lipinski definition) is 1. The molecule has 1 N–H and O–H groups in total. The highest BCUT2D eigenvalue weighted by Gasteiger charge is 2.29. The Kier molecular flexibility index (Phi) is 5.67. The maximum absolute atomic E-state index is 13.0. The molecule has 0 bridgehead atoms. The van der Waals surface area contributed by atoms with Crippen molar-refractivity contribution in [3.05, 3.63) is 58.9 Å². The number of carbonyl (C=O) groups is 2. The number of hydrogen-bond acceptors (Lipinski definition) is 3. The summed E-state index contributed by atoms with van der Waals surface area (Å²) in [4.78, 5) is 27.4. The smallest absolute Gasteiger partial charge is 0.270 e. The van der Waals surface area contributed by atoms with E-state index < -0.39 is 0 Å². The zero-order chi connectivity index (χ0) is 20.4. The van der Waals surface area contributed by atoms with Gasteiger partial charge in [-0.2, -0.15) is 0 Å². The lowest BCUT2D eigenvalue weighted by atomic mass is 9.95. The zero-order valence-corrected chi connectivity index (χ0v) is 17.2. The minimum absolute atomic E-state index is 0.00105. The topological polar surface area (TPSA) is 54.3 Å². The average molecular weight is 414 g/mol. The van der Waals surface area contributed by atoms with Gasteiger partial charge in [0.05, 0.1) is 10.2 Å². The molecule has 0 spiro atoms. The fourth-order valence-corrected chi connectivity index (χ4v) is 4.76. The second kappa shape index (κ2) is 8.37. The van der Waals surface area contributed by atoms with Crippen molar-refractivity contribution in [2.75, 3.05) is 13.1 Å². The second-order valence-corrected chi connectivity index (χ2v) is 8.30. The highest BCUT2D eigenvalue weighted by atomic mass is 32.1. The van der Waals surface area contributed by atoms with Crippen LogP contribution in [0.4, 0.5) is 4.39 Å². The standard InChI is InChI=1S/C22H24FN3O2S/c1-2-26-18-9-12-29-20(18)13-19(26)22(28)25-10-7-16(8-11-25)21(27)24-14-15-3-5-17(23)6-4-15/h3-6,9,12-13,16H,2,7-8,10-11,14H2,1H3,(H,24,27). The van der Waals surface area contributed by atoms with Crippen molar-refractivity contribution in [3.8, 4) is 0 Å². The normalized spacial score (nSPS) is 15.0. The van der Waals surface area contributed by atoms with Gasteiger partial charge in [0.2, 0.25) is 5.91 Å². The number of piperidine rings is 1. The van der Waals surface area contributed by atoms with Gasteiger partial charge in [0.15, 0.2) is 0 Å². The molecule has 29 heavy (non-hydrogen) atoms. The van der Waals surface area contributed by atoms with Crippen molar-refractivity contribution in [1.82, 2.24) is 14.8 Å². The molecule has 3 aromatic rings. The van der Waals surface area contributed by atoms with Crippen molar-refractivity contribution in [2.24, 2.45) is 5.92 Å². The molecular formula is C22H24FN3O2S. The molecule has 1 aliphatic rings. The van der Waals surface area contributed by atoms with E-state index in [2.05, 4.69) is 16.0 Å². The Hall–Kier alpha value is -2.67. The molecule has 7 heteroatoms. The van der Waals surface area contributed by atoms with E-state index in [1.54, 1.807) is 23.5 Å². The van der Waals surface area contributed by atoms with Gasteiger partial charge >= 0.3 is 0 Å². The van der Waals surface area contributed by atoms with Crippen molar-refractivity contribution in [3.63, 3.8) is 0 Å². The molecule has 0 radical (unpaired) electrons. The Balaban J connectivity index is 1.33. The Morgan fingerprint density at radius 1 is 1.17 bits per heavy atom. The van der Waals surface area contributed by atoms with E-state index >= 15 is 0 Å². The van der Waals surface area contributed by atoms with E-state index in [-0.39, 0.29) is 23.5 Å². The van der Waals surface area contributed by atoms with E-state index in [0.29, 0.717) is 32.5 Å². The number of aryl methyl sites for hydroxylation is 1. The van der Waals surface area contributed by atoms with Crippen LogP contribution in [-0.2, 0) is 17.9 Å². The maximum Gasteiger partial charge on any atom is 0.270 e. The maximum atomic E-state index is 13.0. The number of halogens is 1. The highest BCUT2D eigenvalue weighted by molar-refractivity contribution is 7.17. The van der Waals surface area contributed by atoms with Gasteiger partial charge in [0.1, 0.15) is 11.5 Å². The summed E-state index contributed by atoms with van der Waals surface area (Å²) in [7, 11) is 0. The summed E-state index contributed by atoms with van der Waals surface area (Å²) in [6.45, 7) is 4.35. The Bertz CT molecular complexity index is 1020. The van der Waals surface area contributed by atoms with Crippen LogP contribution in [0.5, 0.6) is 0 Å². The predicted octanol–water partition coefficient (Wildman–Crippen LogP) is 4.03. The van der Waals surface area contributed by atoms with Crippen molar-refractivity contribution in [2.45, 2.75) is 32.9 Å². The number of rotatable bonds is 5. The Morgan fingerprint density at radius 2 is 1.90 bits per heavy atom. The van der Waals surface area contributed by atoms with Gasteiger partial charge in [0, 0.05) is 32.1 Å². The highest BCUT2D eigenvalue weighted by Crippen LogP contribution is 2.27. The summed E-state index contributed by atoms with van der Waals surface area (Å²) in [5.41, 5.74) is 2.71.